The second-order valence-electron chi connectivity index (χ2n) is 10.2. The average Bonchev–Trinajstić information content (AvgIpc) is 2.93. The lowest BCUT2D eigenvalue weighted by Gasteiger charge is -2.57. The van der Waals surface area contributed by atoms with Gasteiger partial charge in [0.1, 0.15) is 0 Å². The monoisotopic (exact) mass is 481 g/mol. The largest absolute Gasteiger partial charge is 0.329 e. The van der Waals surface area contributed by atoms with Crippen molar-refractivity contribution in [1.82, 2.24) is 0 Å². The molecule has 8 rings (SSSR count). The highest BCUT2D eigenvalue weighted by Crippen LogP contribution is 2.64. The van der Waals surface area contributed by atoms with E-state index in [4.69, 9.17) is 0 Å². The fraction of sp³-hybridized carbons (Fsp3) is 0.121. The Morgan fingerprint density at radius 1 is 0.722 bits per heavy atom. The molecule has 36 heavy (non-hydrogen) atoms. The highest BCUT2D eigenvalue weighted by Gasteiger charge is 2.56. The molecule has 2 unspecified atom stereocenters. The fourth-order valence-electron chi connectivity index (χ4n) is 6.99. The number of nitrogens with zero attached hydrogens (tertiary/aromatic N) is 1. The molecule has 0 aromatic heterocycles. The van der Waals surface area contributed by atoms with Crippen molar-refractivity contribution in [2.24, 2.45) is 0 Å². The molecule has 2 atom stereocenters. The van der Waals surface area contributed by atoms with E-state index >= 15 is 0 Å². The number of rotatable bonds is 0. The Morgan fingerprint density at radius 2 is 1.36 bits per heavy atom. The molecule has 2 nitrogen and oxygen atoms in total. The maximum Gasteiger partial charge on any atom is 0.193 e. The summed E-state index contributed by atoms with van der Waals surface area (Å²) in [6.07, 6.45) is 9.04. The van der Waals surface area contributed by atoms with Crippen molar-refractivity contribution in [3.05, 3.63) is 149 Å². The summed E-state index contributed by atoms with van der Waals surface area (Å²) in [6.45, 7) is 2.35. The van der Waals surface area contributed by atoms with Crippen LogP contribution in [0.3, 0.4) is 0 Å². The smallest absolute Gasteiger partial charge is 0.193 e. The Hall–Kier alpha value is -3.82. The Balaban J connectivity index is 1.59. The number of carbonyl (C=O) groups excluding carboxylic acids is 1. The minimum Gasteiger partial charge on any atom is -0.329 e. The van der Waals surface area contributed by atoms with Crippen LogP contribution in [0, 0.1) is 0 Å². The predicted octanol–water partition coefficient (Wildman–Crippen LogP) is 7.42. The van der Waals surface area contributed by atoms with Gasteiger partial charge in [0.25, 0.3) is 0 Å². The SMILES string of the molecule is CC12C=CC=CC1Sc1cccc3c1N2c1ccccc1C31c2ccccc2C(=O)c2ccccc21. The Morgan fingerprint density at radius 3 is 2.11 bits per heavy atom. The van der Waals surface area contributed by atoms with Crippen molar-refractivity contribution in [2.45, 2.75) is 28.0 Å². The van der Waals surface area contributed by atoms with E-state index in [-0.39, 0.29) is 11.3 Å². The quantitative estimate of drug-likeness (QED) is 0.229. The third-order valence-corrected chi connectivity index (χ3v) is 9.94. The van der Waals surface area contributed by atoms with E-state index in [1.807, 2.05) is 36.0 Å². The Labute approximate surface area is 215 Å². The topological polar surface area (TPSA) is 20.3 Å². The van der Waals surface area contributed by atoms with Gasteiger partial charge in [-0.25, -0.2) is 0 Å². The maximum atomic E-state index is 13.8. The van der Waals surface area contributed by atoms with Crippen LogP contribution < -0.4 is 4.90 Å². The first-order chi connectivity index (χ1) is 17.7. The van der Waals surface area contributed by atoms with Crippen LogP contribution in [0.1, 0.15) is 45.1 Å². The van der Waals surface area contributed by atoms with Gasteiger partial charge in [0.05, 0.1) is 21.9 Å². The zero-order valence-corrected chi connectivity index (χ0v) is 20.6. The van der Waals surface area contributed by atoms with Crippen LogP contribution in [0.4, 0.5) is 11.4 Å². The molecular formula is C33H23NOS. The van der Waals surface area contributed by atoms with Crippen LogP contribution >= 0.6 is 11.8 Å². The Kier molecular flexibility index (Phi) is 3.90. The summed E-state index contributed by atoms with van der Waals surface area (Å²) in [5.74, 6) is 0.110. The number of hydrogen-bond donors (Lipinski definition) is 0. The van der Waals surface area contributed by atoms with Crippen LogP contribution in [-0.2, 0) is 5.41 Å². The molecule has 0 saturated heterocycles. The van der Waals surface area contributed by atoms with E-state index in [0.717, 1.165) is 22.3 Å². The van der Waals surface area contributed by atoms with E-state index in [1.165, 1.54) is 27.4 Å². The van der Waals surface area contributed by atoms with Gasteiger partial charge in [-0.15, -0.1) is 11.8 Å². The van der Waals surface area contributed by atoms with E-state index in [0.29, 0.717) is 5.25 Å². The van der Waals surface area contributed by atoms with Crippen molar-refractivity contribution < 1.29 is 4.79 Å². The number of thioether (sulfide) groups is 1. The van der Waals surface area contributed by atoms with Gasteiger partial charge in [0.15, 0.2) is 5.78 Å². The lowest BCUT2D eigenvalue weighted by Crippen LogP contribution is -2.56. The molecular weight excluding hydrogens is 458 g/mol. The molecule has 0 radical (unpaired) electrons. The normalized spacial score (nSPS) is 23.4. The lowest BCUT2D eigenvalue weighted by molar-refractivity contribution is 0.103. The third-order valence-electron chi connectivity index (χ3n) is 8.47. The molecule has 0 amide bonds. The molecule has 172 valence electrons. The first-order valence-corrected chi connectivity index (χ1v) is 13.3. The highest BCUT2D eigenvalue weighted by atomic mass is 32.2. The molecule has 4 aromatic carbocycles. The molecule has 0 saturated carbocycles. The number of para-hydroxylation sites is 2. The second-order valence-corrected chi connectivity index (χ2v) is 11.4. The fourth-order valence-corrected chi connectivity index (χ4v) is 8.33. The minimum atomic E-state index is -0.572. The summed E-state index contributed by atoms with van der Waals surface area (Å²) < 4.78 is 0. The summed E-state index contributed by atoms with van der Waals surface area (Å²) in [4.78, 5) is 17.6. The molecule has 1 spiro atoms. The summed E-state index contributed by atoms with van der Waals surface area (Å²) in [5.41, 5.74) is 7.92. The number of fused-ring (bicyclic) bond motifs is 10. The molecule has 4 aromatic rings. The number of anilines is 2. The van der Waals surface area contributed by atoms with Crippen LogP contribution in [0.5, 0.6) is 0 Å². The number of carbonyl (C=O) groups is 1. The van der Waals surface area contributed by atoms with Gasteiger partial charge in [0, 0.05) is 21.7 Å². The number of ketones is 1. The summed E-state index contributed by atoms with van der Waals surface area (Å²) in [5, 5.41) is 0.305. The van der Waals surface area contributed by atoms with Crippen molar-refractivity contribution in [3.8, 4) is 0 Å². The van der Waals surface area contributed by atoms with Gasteiger partial charge < -0.3 is 4.90 Å². The average molecular weight is 482 g/mol. The first kappa shape index (κ1) is 20.4. The standard InChI is InChI=1S/C33H23NOS/c1-32-20-9-8-19-29(32)36-28-18-10-16-26-30(28)34(32)27-17-7-6-15-25(27)33(26)23-13-4-2-11-21(23)31(35)22-12-3-5-14-24(22)33/h2-20,29H,1H3. The van der Waals surface area contributed by atoms with E-state index in [1.54, 1.807) is 0 Å². The van der Waals surface area contributed by atoms with Crippen molar-refractivity contribution >= 4 is 28.9 Å². The number of hydrogen-bond acceptors (Lipinski definition) is 3. The van der Waals surface area contributed by atoms with Gasteiger partial charge in [-0.3, -0.25) is 4.79 Å². The summed E-state index contributed by atoms with van der Waals surface area (Å²) >= 11 is 1.95. The zero-order valence-electron chi connectivity index (χ0n) is 19.8. The van der Waals surface area contributed by atoms with Gasteiger partial charge in [0.2, 0.25) is 0 Å². The third kappa shape index (κ3) is 2.24. The van der Waals surface area contributed by atoms with Gasteiger partial charge in [-0.05, 0) is 41.3 Å². The first-order valence-electron chi connectivity index (χ1n) is 12.5. The van der Waals surface area contributed by atoms with Gasteiger partial charge >= 0.3 is 0 Å². The van der Waals surface area contributed by atoms with Crippen molar-refractivity contribution in [2.75, 3.05) is 4.90 Å². The number of benzene rings is 4. The predicted molar refractivity (Wildman–Crippen MR) is 147 cm³/mol. The maximum absolute atomic E-state index is 13.8. The summed E-state index contributed by atoms with van der Waals surface area (Å²) in [6, 6.07) is 32.0. The molecule has 0 N–H and O–H groups in total. The lowest BCUT2D eigenvalue weighted by atomic mass is 9.57. The van der Waals surface area contributed by atoms with E-state index in [9.17, 15) is 4.79 Å². The summed E-state index contributed by atoms with van der Waals surface area (Å²) in [7, 11) is 0. The second kappa shape index (κ2) is 6.89. The highest BCUT2D eigenvalue weighted by molar-refractivity contribution is 8.00. The van der Waals surface area contributed by atoms with Gasteiger partial charge in [-0.1, -0.05) is 103 Å². The number of allylic oxidation sites excluding steroid dienone is 2. The zero-order chi connectivity index (χ0) is 24.1. The molecule has 0 bridgehead atoms. The molecule has 2 heterocycles. The molecule has 0 fully saturated rings. The van der Waals surface area contributed by atoms with Crippen molar-refractivity contribution in [3.63, 3.8) is 0 Å². The minimum absolute atomic E-state index is 0.110. The van der Waals surface area contributed by atoms with Crippen LogP contribution in [0.2, 0.25) is 0 Å². The molecule has 2 aliphatic heterocycles. The van der Waals surface area contributed by atoms with Crippen LogP contribution in [0.15, 0.2) is 120 Å². The Bertz CT molecular complexity index is 1630. The van der Waals surface area contributed by atoms with Crippen molar-refractivity contribution in [1.29, 1.82) is 0 Å². The molecule has 2 aliphatic carbocycles. The van der Waals surface area contributed by atoms with E-state index in [2.05, 4.69) is 103 Å². The van der Waals surface area contributed by atoms with Crippen LogP contribution in [0.25, 0.3) is 0 Å². The molecule has 4 aliphatic rings. The van der Waals surface area contributed by atoms with Gasteiger partial charge in [-0.2, -0.15) is 0 Å². The molecule has 3 heteroatoms. The van der Waals surface area contributed by atoms with Crippen LogP contribution in [-0.4, -0.2) is 16.6 Å². The van der Waals surface area contributed by atoms with E-state index < -0.39 is 5.41 Å².